The molecule has 0 amide bonds. The Morgan fingerprint density at radius 3 is 2.72 bits per heavy atom. The summed E-state index contributed by atoms with van der Waals surface area (Å²) >= 11 is 1.50. The molecule has 0 bridgehead atoms. The van der Waals surface area contributed by atoms with Crippen molar-refractivity contribution in [1.29, 1.82) is 0 Å². The van der Waals surface area contributed by atoms with Crippen LogP contribution in [0.25, 0.3) is 0 Å². The van der Waals surface area contributed by atoms with Gasteiger partial charge in [-0.15, -0.1) is 11.3 Å². The number of nitrogen functional groups attached to an aromatic ring is 1. The minimum Gasteiger partial charge on any atom is -0.398 e. The molecule has 0 aliphatic carbocycles. The van der Waals surface area contributed by atoms with Gasteiger partial charge in [0, 0.05) is 4.88 Å². The Labute approximate surface area is 109 Å². The van der Waals surface area contributed by atoms with E-state index in [0.717, 1.165) is 17.0 Å². The van der Waals surface area contributed by atoms with Crippen LogP contribution in [0.1, 0.15) is 4.88 Å². The molecule has 96 valence electrons. The van der Waals surface area contributed by atoms with Crippen molar-refractivity contribution in [3.8, 4) is 0 Å². The van der Waals surface area contributed by atoms with Gasteiger partial charge >= 0.3 is 0 Å². The second-order valence-electron chi connectivity index (χ2n) is 3.83. The zero-order chi connectivity index (χ0) is 13.2. The molecule has 18 heavy (non-hydrogen) atoms. The molecule has 1 aromatic heterocycles. The second kappa shape index (κ2) is 5.07. The van der Waals surface area contributed by atoms with E-state index in [0.29, 0.717) is 6.42 Å². The van der Waals surface area contributed by atoms with Crippen molar-refractivity contribution in [2.45, 2.75) is 11.3 Å². The standard InChI is InChI=1S/C12H12FNO2S2/c13-9-3-4-11(14)12(8-9)18(15,16)7-5-10-2-1-6-17-10/h1-4,6,8H,5,7,14H2. The molecule has 1 aromatic carbocycles. The van der Waals surface area contributed by atoms with E-state index in [1.807, 2.05) is 17.5 Å². The quantitative estimate of drug-likeness (QED) is 0.878. The molecule has 2 rings (SSSR count). The largest absolute Gasteiger partial charge is 0.398 e. The summed E-state index contributed by atoms with van der Waals surface area (Å²) in [6, 6.07) is 7.12. The molecule has 2 N–H and O–H groups in total. The average molecular weight is 285 g/mol. The van der Waals surface area contributed by atoms with Crippen molar-refractivity contribution in [1.82, 2.24) is 0 Å². The molecule has 3 nitrogen and oxygen atoms in total. The Balaban J connectivity index is 2.22. The third kappa shape index (κ3) is 2.88. The fraction of sp³-hybridized carbons (Fsp3) is 0.167. The predicted molar refractivity (Wildman–Crippen MR) is 70.9 cm³/mol. The van der Waals surface area contributed by atoms with Crippen molar-refractivity contribution < 1.29 is 12.8 Å². The van der Waals surface area contributed by atoms with Crippen molar-refractivity contribution in [2.24, 2.45) is 0 Å². The van der Waals surface area contributed by atoms with E-state index in [2.05, 4.69) is 0 Å². The monoisotopic (exact) mass is 285 g/mol. The number of nitrogens with two attached hydrogens (primary N) is 1. The number of hydrogen-bond donors (Lipinski definition) is 1. The highest BCUT2D eigenvalue weighted by Gasteiger charge is 2.18. The first-order chi connectivity index (χ1) is 8.49. The van der Waals surface area contributed by atoms with Crippen LogP contribution < -0.4 is 5.73 Å². The fourth-order valence-corrected chi connectivity index (χ4v) is 3.84. The third-order valence-electron chi connectivity index (χ3n) is 2.51. The summed E-state index contributed by atoms with van der Waals surface area (Å²) in [7, 11) is -3.55. The van der Waals surface area contributed by atoms with E-state index < -0.39 is 15.7 Å². The molecular formula is C12H12FNO2S2. The SMILES string of the molecule is Nc1ccc(F)cc1S(=O)(=O)CCc1cccs1. The molecule has 0 saturated carbocycles. The molecule has 0 radical (unpaired) electrons. The lowest BCUT2D eigenvalue weighted by molar-refractivity contribution is 0.591. The molecule has 2 aromatic rings. The molecular weight excluding hydrogens is 273 g/mol. The first-order valence-electron chi connectivity index (χ1n) is 5.29. The fourth-order valence-electron chi connectivity index (χ4n) is 1.58. The van der Waals surface area contributed by atoms with Gasteiger partial charge in [0.2, 0.25) is 0 Å². The van der Waals surface area contributed by atoms with E-state index in [-0.39, 0.29) is 16.3 Å². The summed E-state index contributed by atoms with van der Waals surface area (Å²) in [6.07, 6.45) is 0.413. The van der Waals surface area contributed by atoms with Crippen LogP contribution in [-0.4, -0.2) is 14.2 Å². The third-order valence-corrected chi connectivity index (χ3v) is 5.21. The second-order valence-corrected chi connectivity index (χ2v) is 6.94. The Morgan fingerprint density at radius 2 is 2.06 bits per heavy atom. The van der Waals surface area contributed by atoms with Crippen LogP contribution in [0, 0.1) is 5.82 Å². The molecule has 0 aliphatic rings. The Morgan fingerprint density at radius 1 is 1.28 bits per heavy atom. The maximum absolute atomic E-state index is 13.1. The summed E-state index contributed by atoms with van der Waals surface area (Å²) in [5.74, 6) is -0.667. The Bertz CT molecular complexity index is 636. The number of sulfone groups is 1. The highest BCUT2D eigenvalue weighted by molar-refractivity contribution is 7.91. The van der Waals surface area contributed by atoms with Gasteiger partial charge in [0.1, 0.15) is 5.82 Å². The van der Waals surface area contributed by atoms with E-state index in [1.54, 1.807) is 0 Å². The number of thiophene rings is 1. The molecule has 0 atom stereocenters. The maximum Gasteiger partial charge on any atom is 0.180 e. The zero-order valence-electron chi connectivity index (χ0n) is 9.47. The van der Waals surface area contributed by atoms with Gasteiger partial charge in [0.25, 0.3) is 0 Å². The molecule has 6 heteroatoms. The van der Waals surface area contributed by atoms with Gasteiger partial charge in [0.15, 0.2) is 9.84 Å². The number of anilines is 1. The van der Waals surface area contributed by atoms with Crippen molar-refractivity contribution in [2.75, 3.05) is 11.5 Å². The van der Waals surface area contributed by atoms with Crippen LogP contribution in [0.4, 0.5) is 10.1 Å². The molecule has 0 saturated heterocycles. The molecule has 1 heterocycles. The van der Waals surface area contributed by atoms with E-state index in [4.69, 9.17) is 5.73 Å². The number of rotatable bonds is 4. The highest BCUT2D eigenvalue weighted by atomic mass is 32.2. The predicted octanol–water partition coefficient (Wildman–Crippen LogP) is 2.49. The van der Waals surface area contributed by atoms with E-state index in [9.17, 15) is 12.8 Å². The van der Waals surface area contributed by atoms with Gasteiger partial charge in [-0.3, -0.25) is 0 Å². The topological polar surface area (TPSA) is 60.2 Å². The van der Waals surface area contributed by atoms with Gasteiger partial charge in [0.05, 0.1) is 16.3 Å². The van der Waals surface area contributed by atoms with Crippen LogP contribution in [0.5, 0.6) is 0 Å². The lowest BCUT2D eigenvalue weighted by Crippen LogP contribution is -2.11. The summed E-state index contributed by atoms with van der Waals surface area (Å²) < 4.78 is 37.2. The molecule has 0 unspecified atom stereocenters. The first kappa shape index (κ1) is 13.0. The van der Waals surface area contributed by atoms with Crippen LogP contribution in [0.15, 0.2) is 40.6 Å². The lowest BCUT2D eigenvalue weighted by Gasteiger charge is -2.06. The van der Waals surface area contributed by atoms with Crippen LogP contribution in [0.2, 0.25) is 0 Å². The van der Waals surface area contributed by atoms with E-state index in [1.165, 1.54) is 17.4 Å². The molecule has 0 spiro atoms. The lowest BCUT2D eigenvalue weighted by atomic mass is 10.3. The Hall–Kier alpha value is -1.40. The van der Waals surface area contributed by atoms with Gasteiger partial charge in [-0.05, 0) is 36.1 Å². The molecule has 0 aliphatic heterocycles. The molecule has 0 fully saturated rings. The highest BCUT2D eigenvalue weighted by Crippen LogP contribution is 2.22. The van der Waals surface area contributed by atoms with Gasteiger partial charge in [-0.2, -0.15) is 0 Å². The average Bonchev–Trinajstić information content (AvgIpc) is 2.83. The van der Waals surface area contributed by atoms with Crippen LogP contribution in [-0.2, 0) is 16.3 Å². The summed E-state index contributed by atoms with van der Waals surface area (Å²) in [5, 5.41) is 1.89. The van der Waals surface area contributed by atoms with Crippen LogP contribution >= 0.6 is 11.3 Å². The summed E-state index contributed by atoms with van der Waals surface area (Å²) in [5.41, 5.74) is 5.67. The minimum atomic E-state index is -3.55. The van der Waals surface area contributed by atoms with E-state index >= 15 is 0 Å². The normalized spacial score (nSPS) is 11.6. The Kier molecular flexibility index (Phi) is 3.68. The summed E-state index contributed by atoms with van der Waals surface area (Å²) in [4.78, 5) is 0.854. The van der Waals surface area contributed by atoms with Crippen LogP contribution in [0.3, 0.4) is 0 Å². The number of benzene rings is 1. The number of hydrogen-bond acceptors (Lipinski definition) is 4. The van der Waals surface area contributed by atoms with Gasteiger partial charge < -0.3 is 5.73 Å². The van der Waals surface area contributed by atoms with Crippen molar-refractivity contribution >= 4 is 26.9 Å². The van der Waals surface area contributed by atoms with Gasteiger partial charge in [-0.25, -0.2) is 12.8 Å². The minimum absolute atomic E-state index is 0.0683. The smallest absolute Gasteiger partial charge is 0.180 e. The van der Waals surface area contributed by atoms with Crippen molar-refractivity contribution in [3.63, 3.8) is 0 Å². The van der Waals surface area contributed by atoms with Crippen molar-refractivity contribution in [3.05, 3.63) is 46.4 Å². The number of halogens is 1. The maximum atomic E-state index is 13.1. The number of aryl methyl sites for hydroxylation is 1. The first-order valence-corrected chi connectivity index (χ1v) is 7.82. The van der Waals surface area contributed by atoms with Gasteiger partial charge in [-0.1, -0.05) is 6.07 Å². The zero-order valence-corrected chi connectivity index (χ0v) is 11.1. The summed E-state index contributed by atoms with van der Waals surface area (Å²) in [6.45, 7) is 0.